The summed E-state index contributed by atoms with van der Waals surface area (Å²) in [5, 5.41) is 8.97. The average molecular weight is 615 g/mol. The summed E-state index contributed by atoms with van der Waals surface area (Å²) < 4.78 is 7.69. The maximum absolute atomic E-state index is 4.95. The van der Waals surface area contributed by atoms with Gasteiger partial charge in [0.2, 0.25) is 0 Å². The predicted octanol–water partition coefficient (Wildman–Crippen LogP) is 12.8. The predicted molar refractivity (Wildman–Crippen MR) is 195 cm³/mol. The molecule has 10 aromatic rings. The third-order valence-corrected chi connectivity index (χ3v) is 12.1. The smallest absolute Gasteiger partial charge is 0.0909 e. The molecule has 0 saturated heterocycles. The first kappa shape index (κ1) is 24.6. The molecule has 0 saturated carbocycles. The number of fused-ring (bicyclic) bond motifs is 10. The van der Waals surface area contributed by atoms with Crippen LogP contribution in [0.25, 0.3) is 71.4 Å². The molecule has 44 heavy (non-hydrogen) atoms. The SMILES string of the molecule is c1ccc2cc3c(cc2c1)sc1c(N(c2ccc4c(c2)sc2ccccc24)c2ccc4c(c2)sc2ccccc24)ccnc13. The summed E-state index contributed by atoms with van der Waals surface area (Å²) in [6, 6.07) is 46.7. The molecule has 0 aliphatic carbocycles. The first-order valence-electron chi connectivity index (χ1n) is 14.6. The second kappa shape index (κ2) is 9.34. The Kier molecular flexibility index (Phi) is 5.23. The van der Waals surface area contributed by atoms with E-state index in [1.165, 1.54) is 65.9 Å². The van der Waals surface area contributed by atoms with Crippen molar-refractivity contribution in [3.63, 3.8) is 0 Å². The Balaban J connectivity index is 1.26. The van der Waals surface area contributed by atoms with E-state index in [4.69, 9.17) is 4.98 Å². The highest BCUT2D eigenvalue weighted by Gasteiger charge is 2.21. The molecule has 0 unspecified atom stereocenters. The van der Waals surface area contributed by atoms with Crippen LogP contribution >= 0.6 is 34.0 Å². The van der Waals surface area contributed by atoms with Crippen LogP contribution in [0.2, 0.25) is 0 Å². The summed E-state index contributed by atoms with van der Waals surface area (Å²) in [7, 11) is 0. The molecule has 0 bridgehead atoms. The lowest BCUT2D eigenvalue weighted by molar-refractivity contribution is 1.30. The molecule has 0 fully saturated rings. The van der Waals surface area contributed by atoms with E-state index in [0.29, 0.717) is 0 Å². The first-order valence-corrected chi connectivity index (χ1v) is 17.1. The summed E-state index contributed by atoms with van der Waals surface area (Å²) in [6.07, 6.45) is 1.97. The Morgan fingerprint density at radius 3 is 1.64 bits per heavy atom. The van der Waals surface area contributed by atoms with Gasteiger partial charge in [-0.3, -0.25) is 4.98 Å². The van der Waals surface area contributed by atoms with Gasteiger partial charge >= 0.3 is 0 Å². The maximum atomic E-state index is 4.95. The lowest BCUT2D eigenvalue weighted by Crippen LogP contribution is -2.10. The second-order valence-corrected chi connectivity index (χ2v) is 14.4. The highest BCUT2D eigenvalue weighted by atomic mass is 32.1. The Morgan fingerprint density at radius 2 is 0.977 bits per heavy atom. The molecule has 0 spiro atoms. The van der Waals surface area contributed by atoms with Gasteiger partial charge in [-0.05, 0) is 65.4 Å². The van der Waals surface area contributed by atoms with Gasteiger partial charge in [0.25, 0.3) is 0 Å². The number of hydrogen-bond acceptors (Lipinski definition) is 5. The molecule has 0 amide bonds. The molecule has 0 atom stereocenters. The van der Waals surface area contributed by atoms with Crippen molar-refractivity contribution in [1.82, 2.24) is 4.98 Å². The molecule has 5 heteroatoms. The Bertz CT molecular complexity index is 2630. The summed E-state index contributed by atoms with van der Waals surface area (Å²) in [5.41, 5.74) is 4.52. The minimum Gasteiger partial charge on any atom is -0.309 e. The molecule has 0 aliphatic rings. The highest BCUT2D eigenvalue weighted by Crippen LogP contribution is 2.47. The molecule has 0 N–H and O–H groups in total. The van der Waals surface area contributed by atoms with Gasteiger partial charge in [0.1, 0.15) is 0 Å². The quantitative estimate of drug-likeness (QED) is 0.197. The van der Waals surface area contributed by atoms with E-state index < -0.39 is 0 Å². The van der Waals surface area contributed by atoms with Crippen LogP contribution in [-0.4, -0.2) is 4.98 Å². The molecule has 4 heterocycles. The molecule has 10 rings (SSSR count). The Morgan fingerprint density at radius 1 is 0.432 bits per heavy atom. The van der Waals surface area contributed by atoms with Crippen LogP contribution in [0.5, 0.6) is 0 Å². The van der Waals surface area contributed by atoms with Gasteiger partial charge in [0.15, 0.2) is 0 Å². The van der Waals surface area contributed by atoms with E-state index in [-0.39, 0.29) is 0 Å². The zero-order valence-corrected chi connectivity index (χ0v) is 25.8. The van der Waals surface area contributed by atoms with Crippen LogP contribution in [0.1, 0.15) is 0 Å². The van der Waals surface area contributed by atoms with Crippen LogP contribution in [0.3, 0.4) is 0 Å². The second-order valence-electron chi connectivity index (χ2n) is 11.2. The zero-order chi connectivity index (χ0) is 28.8. The number of benzene rings is 6. The average Bonchev–Trinajstić information content (AvgIpc) is 3.74. The van der Waals surface area contributed by atoms with Crippen molar-refractivity contribution in [3.8, 4) is 0 Å². The fourth-order valence-corrected chi connectivity index (χ4v) is 10.1. The van der Waals surface area contributed by atoms with Crippen molar-refractivity contribution in [1.29, 1.82) is 0 Å². The number of thiophene rings is 3. The van der Waals surface area contributed by atoms with E-state index in [2.05, 4.69) is 132 Å². The van der Waals surface area contributed by atoms with Crippen LogP contribution in [0.15, 0.2) is 134 Å². The third kappa shape index (κ3) is 3.61. The van der Waals surface area contributed by atoms with Crippen LogP contribution < -0.4 is 4.90 Å². The molecule has 4 aromatic heterocycles. The third-order valence-electron chi connectivity index (χ3n) is 8.68. The van der Waals surface area contributed by atoms with Gasteiger partial charge in [-0.25, -0.2) is 0 Å². The van der Waals surface area contributed by atoms with Gasteiger partial charge in [0.05, 0.1) is 15.9 Å². The number of anilines is 3. The number of aromatic nitrogens is 1. The number of hydrogen-bond donors (Lipinski definition) is 0. The van der Waals surface area contributed by atoms with Gasteiger partial charge in [0, 0.05) is 68.0 Å². The zero-order valence-electron chi connectivity index (χ0n) is 23.3. The molecule has 2 nitrogen and oxygen atoms in total. The van der Waals surface area contributed by atoms with Crippen molar-refractivity contribution in [2.24, 2.45) is 0 Å². The molecule has 6 aromatic carbocycles. The Hall–Kier alpha value is -4.81. The molecule has 0 aliphatic heterocycles. The fourth-order valence-electron chi connectivity index (χ4n) is 6.64. The molecule has 0 radical (unpaired) electrons. The summed E-state index contributed by atoms with van der Waals surface area (Å²) >= 11 is 5.56. The van der Waals surface area contributed by atoms with Crippen molar-refractivity contribution < 1.29 is 0 Å². The van der Waals surface area contributed by atoms with Gasteiger partial charge in [-0.2, -0.15) is 0 Å². The van der Waals surface area contributed by atoms with Gasteiger partial charge in [-0.1, -0.05) is 72.8 Å². The van der Waals surface area contributed by atoms with Gasteiger partial charge in [-0.15, -0.1) is 34.0 Å². The summed E-state index contributed by atoms with van der Waals surface area (Å²) in [4.78, 5) is 7.39. The normalized spacial score (nSPS) is 12.1. The van der Waals surface area contributed by atoms with E-state index in [0.717, 1.165) is 22.6 Å². The fraction of sp³-hybridized carbons (Fsp3) is 0. The van der Waals surface area contributed by atoms with Gasteiger partial charge < -0.3 is 4.90 Å². The van der Waals surface area contributed by atoms with Crippen molar-refractivity contribution in [3.05, 3.63) is 134 Å². The number of pyridine rings is 1. The standard InChI is InChI=1S/C39H22N2S3/c1-2-8-24-20-35-31(19-23(24)7-1)38-39(44-35)32(17-18-40-38)41(25-13-15-29-27-9-3-5-11-33(27)42-36(29)21-25)26-14-16-30-28-10-4-6-12-34(28)43-37(30)22-26/h1-22H. The lowest BCUT2D eigenvalue weighted by atomic mass is 10.1. The number of rotatable bonds is 3. The molecule has 206 valence electrons. The lowest BCUT2D eigenvalue weighted by Gasteiger charge is -2.26. The highest BCUT2D eigenvalue weighted by molar-refractivity contribution is 7.27. The largest absolute Gasteiger partial charge is 0.309 e. The molecular formula is C39H22N2S3. The van der Waals surface area contributed by atoms with Crippen molar-refractivity contribution >= 4 is 122 Å². The van der Waals surface area contributed by atoms with Crippen LogP contribution in [0, 0.1) is 0 Å². The summed E-state index contributed by atoms with van der Waals surface area (Å²) in [6.45, 7) is 0. The minimum absolute atomic E-state index is 1.06. The van der Waals surface area contributed by atoms with E-state index >= 15 is 0 Å². The van der Waals surface area contributed by atoms with Crippen LogP contribution in [0.4, 0.5) is 17.1 Å². The van der Waals surface area contributed by atoms with Crippen LogP contribution in [-0.2, 0) is 0 Å². The monoisotopic (exact) mass is 614 g/mol. The molecular weight excluding hydrogens is 593 g/mol. The minimum atomic E-state index is 1.06. The topological polar surface area (TPSA) is 16.1 Å². The summed E-state index contributed by atoms with van der Waals surface area (Å²) in [5.74, 6) is 0. The van der Waals surface area contributed by atoms with Crippen molar-refractivity contribution in [2.75, 3.05) is 4.90 Å². The Labute approximate surface area is 264 Å². The van der Waals surface area contributed by atoms with Crippen molar-refractivity contribution in [2.45, 2.75) is 0 Å². The van der Waals surface area contributed by atoms with E-state index in [9.17, 15) is 0 Å². The number of nitrogens with zero attached hydrogens (tertiary/aromatic N) is 2. The maximum Gasteiger partial charge on any atom is 0.0909 e. The first-order chi connectivity index (χ1) is 21.8. The van der Waals surface area contributed by atoms with E-state index in [1.807, 2.05) is 40.2 Å². The van der Waals surface area contributed by atoms with E-state index in [1.54, 1.807) is 0 Å².